The zero-order chi connectivity index (χ0) is 19.8. The Labute approximate surface area is 173 Å². The molecule has 30 heavy (non-hydrogen) atoms. The second-order valence-electron chi connectivity index (χ2n) is 8.23. The number of hydrogen-bond acceptors (Lipinski definition) is 1. The highest BCUT2D eigenvalue weighted by Crippen LogP contribution is 2.48. The van der Waals surface area contributed by atoms with E-state index in [1.165, 1.54) is 33.4 Å². The van der Waals surface area contributed by atoms with Crippen LogP contribution >= 0.6 is 0 Å². The Kier molecular flexibility index (Phi) is 2.99. The number of carbonyl (C=O) groups is 1. The first-order chi connectivity index (χ1) is 14.8. The maximum absolute atomic E-state index is 12.9. The van der Waals surface area contributed by atoms with E-state index in [4.69, 9.17) is 0 Å². The molecule has 1 aliphatic carbocycles. The zero-order valence-corrected chi connectivity index (χ0v) is 16.3. The summed E-state index contributed by atoms with van der Waals surface area (Å²) in [5.74, 6) is 0.0372. The van der Waals surface area contributed by atoms with Crippen molar-refractivity contribution in [2.75, 3.05) is 0 Å². The van der Waals surface area contributed by atoms with Gasteiger partial charge in [-0.1, -0.05) is 60.7 Å². The lowest BCUT2D eigenvalue weighted by Crippen LogP contribution is -2.12. The summed E-state index contributed by atoms with van der Waals surface area (Å²) in [6, 6.07) is 25.5. The van der Waals surface area contributed by atoms with E-state index in [0.29, 0.717) is 6.54 Å². The lowest BCUT2D eigenvalue weighted by Gasteiger charge is -2.11. The molecule has 0 atom stereocenters. The van der Waals surface area contributed by atoms with Crippen molar-refractivity contribution in [3.8, 4) is 22.3 Å². The molecule has 1 amide bonds. The average molecular weight is 386 g/mol. The summed E-state index contributed by atoms with van der Waals surface area (Å²) in [6.45, 7) is 0.598. The zero-order valence-electron chi connectivity index (χ0n) is 16.3. The number of hydrogen-bond donors (Lipinski definition) is 2. The summed E-state index contributed by atoms with van der Waals surface area (Å²) >= 11 is 0. The molecular formula is C27H18N2O. The smallest absolute Gasteiger partial charge is 0.252 e. The number of nitrogens with one attached hydrogen (secondary N) is 2. The molecule has 0 radical (unpaired) electrons. The Hall–Kier alpha value is -3.85. The molecule has 4 aromatic carbocycles. The number of H-pyrrole nitrogens is 1. The van der Waals surface area contributed by atoms with Crippen LogP contribution in [-0.2, 0) is 13.0 Å². The first-order valence-electron chi connectivity index (χ1n) is 10.3. The minimum absolute atomic E-state index is 0.0372. The highest BCUT2D eigenvalue weighted by molar-refractivity contribution is 6.22. The van der Waals surface area contributed by atoms with Gasteiger partial charge in [0.2, 0.25) is 0 Å². The Morgan fingerprint density at radius 2 is 1.60 bits per heavy atom. The number of fused-ring (bicyclic) bond motifs is 10. The van der Waals surface area contributed by atoms with E-state index in [9.17, 15) is 4.79 Å². The molecule has 7 rings (SSSR count). The Balaban J connectivity index is 1.58. The van der Waals surface area contributed by atoms with Gasteiger partial charge in [0.1, 0.15) is 0 Å². The Morgan fingerprint density at radius 1 is 0.767 bits per heavy atom. The molecular weight excluding hydrogens is 368 g/mol. The maximum atomic E-state index is 12.9. The fourth-order valence-electron chi connectivity index (χ4n) is 5.36. The van der Waals surface area contributed by atoms with Gasteiger partial charge in [-0.2, -0.15) is 0 Å². The molecule has 142 valence electrons. The van der Waals surface area contributed by atoms with Crippen LogP contribution in [0.15, 0.2) is 72.8 Å². The second kappa shape index (κ2) is 5.61. The molecule has 1 aromatic heterocycles. The molecule has 0 saturated carbocycles. The van der Waals surface area contributed by atoms with Gasteiger partial charge < -0.3 is 10.3 Å². The number of aromatic amines is 1. The summed E-state index contributed by atoms with van der Waals surface area (Å²) in [6.07, 6.45) is 0.893. The summed E-state index contributed by atoms with van der Waals surface area (Å²) in [5.41, 5.74) is 11.8. The van der Waals surface area contributed by atoms with Crippen molar-refractivity contribution < 1.29 is 4.79 Å². The SMILES string of the molecule is O=C1NCc2c3c(c4[nH]c5ccccc5c4c21)Cc1ccc(-c2ccccc2)cc1-3. The quantitative estimate of drug-likeness (QED) is 0.368. The maximum Gasteiger partial charge on any atom is 0.252 e. The molecule has 0 saturated heterocycles. The molecule has 1 aliphatic heterocycles. The van der Waals surface area contributed by atoms with Gasteiger partial charge >= 0.3 is 0 Å². The number of benzene rings is 4. The number of rotatable bonds is 1. The largest absolute Gasteiger partial charge is 0.354 e. The van der Waals surface area contributed by atoms with Crippen LogP contribution in [0.5, 0.6) is 0 Å². The van der Waals surface area contributed by atoms with Crippen molar-refractivity contribution in [1.82, 2.24) is 10.3 Å². The van der Waals surface area contributed by atoms with E-state index in [0.717, 1.165) is 39.4 Å². The van der Waals surface area contributed by atoms with Crippen molar-refractivity contribution in [3.05, 3.63) is 95.1 Å². The van der Waals surface area contributed by atoms with Crippen LogP contribution < -0.4 is 5.32 Å². The van der Waals surface area contributed by atoms with Crippen LogP contribution in [0.3, 0.4) is 0 Å². The highest BCUT2D eigenvalue weighted by atomic mass is 16.1. The minimum atomic E-state index is 0.0372. The van der Waals surface area contributed by atoms with Gasteiger partial charge in [0.25, 0.3) is 5.91 Å². The van der Waals surface area contributed by atoms with Crippen LogP contribution in [0.4, 0.5) is 0 Å². The molecule has 2 heterocycles. The molecule has 2 aliphatic rings. The van der Waals surface area contributed by atoms with E-state index < -0.39 is 0 Å². The number of amides is 1. The standard InChI is InChI=1S/C27H18N2O/c30-27-25-21(14-28-27)23-19-12-16(15-6-2-1-3-7-15)10-11-17(19)13-20(23)26-24(25)18-8-4-5-9-22(18)29-26/h1-12,29H,13-14H2,(H,28,30). The van der Waals surface area contributed by atoms with E-state index >= 15 is 0 Å². The molecule has 2 N–H and O–H groups in total. The van der Waals surface area contributed by atoms with E-state index in [2.05, 4.69) is 64.9 Å². The molecule has 0 unspecified atom stereocenters. The van der Waals surface area contributed by atoms with Gasteiger partial charge in [-0.15, -0.1) is 0 Å². The average Bonchev–Trinajstić information content (AvgIpc) is 3.46. The molecule has 0 spiro atoms. The fraction of sp³-hybridized carbons (Fsp3) is 0.0741. The molecule has 5 aromatic rings. The summed E-state index contributed by atoms with van der Waals surface area (Å²) in [5, 5.41) is 5.29. The van der Waals surface area contributed by atoms with Crippen LogP contribution in [0, 0.1) is 0 Å². The van der Waals surface area contributed by atoms with Gasteiger partial charge in [-0.25, -0.2) is 0 Å². The lowest BCUT2D eigenvalue weighted by atomic mass is 9.91. The lowest BCUT2D eigenvalue weighted by molar-refractivity contribution is 0.0967. The van der Waals surface area contributed by atoms with Crippen LogP contribution in [-0.4, -0.2) is 10.9 Å². The third-order valence-corrected chi connectivity index (χ3v) is 6.67. The number of aromatic nitrogens is 1. The second-order valence-corrected chi connectivity index (χ2v) is 8.23. The molecule has 0 bridgehead atoms. The van der Waals surface area contributed by atoms with Crippen molar-refractivity contribution in [2.45, 2.75) is 13.0 Å². The fourth-order valence-corrected chi connectivity index (χ4v) is 5.36. The highest BCUT2D eigenvalue weighted by Gasteiger charge is 2.34. The van der Waals surface area contributed by atoms with Crippen LogP contribution in [0.1, 0.15) is 27.0 Å². The number of para-hydroxylation sites is 1. The van der Waals surface area contributed by atoms with E-state index in [1.54, 1.807) is 0 Å². The predicted octanol–water partition coefficient (Wildman–Crippen LogP) is 5.80. The molecule has 3 nitrogen and oxygen atoms in total. The molecule has 0 fully saturated rings. The normalized spacial score (nSPS) is 14.1. The first-order valence-corrected chi connectivity index (χ1v) is 10.3. The first kappa shape index (κ1) is 16.0. The Bertz CT molecular complexity index is 1530. The van der Waals surface area contributed by atoms with Gasteiger partial charge in [0.05, 0.1) is 11.1 Å². The summed E-state index contributed by atoms with van der Waals surface area (Å²) < 4.78 is 0. The van der Waals surface area contributed by atoms with Crippen LogP contribution in [0.2, 0.25) is 0 Å². The van der Waals surface area contributed by atoms with Crippen molar-refractivity contribution in [2.24, 2.45) is 0 Å². The third kappa shape index (κ3) is 1.97. The van der Waals surface area contributed by atoms with E-state index in [1.807, 2.05) is 18.2 Å². The Morgan fingerprint density at radius 3 is 2.50 bits per heavy atom. The summed E-state index contributed by atoms with van der Waals surface area (Å²) in [4.78, 5) is 16.5. The van der Waals surface area contributed by atoms with Crippen LogP contribution in [0.25, 0.3) is 44.1 Å². The van der Waals surface area contributed by atoms with Gasteiger partial charge in [-0.05, 0) is 51.1 Å². The van der Waals surface area contributed by atoms with Crippen molar-refractivity contribution >= 4 is 27.7 Å². The van der Waals surface area contributed by atoms with Gasteiger partial charge in [0, 0.05) is 29.3 Å². The summed E-state index contributed by atoms with van der Waals surface area (Å²) in [7, 11) is 0. The topological polar surface area (TPSA) is 44.9 Å². The van der Waals surface area contributed by atoms with Gasteiger partial charge in [0.15, 0.2) is 0 Å². The van der Waals surface area contributed by atoms with Crippen molar-refractivity contribution in [3.63, 3.8) is 0 Å². The number of carbonyl (C=O) groups excluding carboxylic acids is 1. The van der Waals surface area contributed by atoms with Gasteiger partial charge in [-0.3, -0.25) is 4.79 Å². The molecule has 3 heteroatoms. The third-order valence-electron chi connectivity index (χ3n) is 6.67. The predicted molar refractivity (Wildman–Crippen MR) is 121 cm³/mol. The van der Waals surface area contributed by atoms with Crippen molar-refractivity contribution in [1.29, 1.82) is 0 Å². The monoisotopic (exact) mass is 386 g/mol. The van der Waals surface area contributed by atoms with E-state index in [-0.39, 0.29) is 5.91 Å². The minimum Gasteiger partial charge on any atom is -0.354 e.